The topological polar surface area (TPSA) is 222 Å². The number of rotatable bonds is 26. The number of aryl methyl sites for hydroxylation is 1. The molecule has 2 aromatic rings. The van der Waals surface area contributed by atoms with Gasteiger partial charge in [0, 0.05) is 38.4 Å². The van der Waals surface area contributed by atoms with Gasteiger partial charge in [-0.1, -0.05) is 97.9 Å². The summed E-state index contributed by atoms with van der Waals surface area (Å²) < 4.78 is 41.1. The smallest absolute Gasteiger partial charge is 0.407 e. The summed E-state index contributed by atoms with van der Waals surface area (Å²) in [6.45, 7) is 25.0. The van der Waals surface area contributed by atoms with Gasteiger partial charge in [0.25, 0.3) is 0 Å². The van der Waals surface area contributed by atoms with Crippen LogP contribution in [-0.4, -0.2) is 156 Å². The Hall–Kier alpha value is -4.54. The number of amides is 4. The molecule has 0 saturated carbocycles. The van der Waals surface area contributed by atoms with Gasteiger partial charge in [0.05, 0.1) is 81.0 Å². The molecule has 2 aliphatic carbocycles. The molecule has 3 heterocycles. The first-order valence-corrected chi connectivity index (χ1v) is 31.8. The molecular weight excluding hydrogens is 1030 g/mol. The first kappa shape index (κ1) is 62.7. The van der Waals surface area contributed by atoms with E-state index in [1.165, 1.54) is 10.5 Å². The summed E-state index contributed by atoms with van der Waals surface area (Å²) in [7, 11) is -2.05. The zero-order valence-corrected chi connectivity index (χ0v) is 49.9. The quantitative estimate of drug-likeness (QED) is 0.0404. The number of aliphatic hydroxyl groups excluding tert-OH is 1. The van der Waals surface area contributed by atoms with Gasteiger partial charge in [0.15, 0.2) is 8.32 Å². The Labute approximate surface area is 467 Å². The molecule has 1 aromatic heterocycles. The van der Waals surface area contributed by atoms with Crippen LogP contribution in [0.5, 0.6) is 0 Å². The summed E-state index contributed by atoms with van der Waals surface area (Å²) in [5.41, 5.74) is 5.19. The Balaban J connectivity index is 0.812. The maximum Gasteiger partial charge on any atom is 0.407 e. The Morgan fingerprint density at radius 3 is 2.21 bits per heavy atom. The second-order valence-corrected chi connectivity index (χ2v) is 29.7. The Morgan fingerprint density at radius 1 is 0.897 bits per heavy atom. The summed E-state index contributed by atoms with van der Waals surface area (Å²) in [5, 5.41) is 19.2. The number of carbonyl (C=O) groups excluding carboxylic acids is 5. The summed E-state index contributed by atoms with van der Waals surface area (Å²) in [6, 6.07) is 5.98. The Morgan fingerprint density at radius 2 is 1.56 bits per heavy atom. The third-order valence-electron chi connectivity index (χ3n) is 15.7. The van der Waals surface area contributed by atoms with E-state index in [1.54, 1.807) is 11.3 Å². The monoisotopic (exact) mass is 1120 g/mol. The molecule has 1 aromatic carbocycles. The maximum atomic E-state index is 14.0. The molecule has 6 rings (SSSR count). The normalized spacial score (nSPS) is 24.9. The average molecular weight is 1120 g/mol. The third-order valence-corrected chi connectivity index (χ3v) is 21.3. The van der Waals surface area contributed by atoms with E-state index in [9.17, 15) is 29.1 Å². The van der Waals surface area contributed by atoms with Crippen LogP contribution in [0.4, 0.5) is 4.79 Å². The number of nitrogens with zero attached hydrogens (tertiary/aromatic N) is 2. The summed E-state index contributed by atoms with van der Waals surface area (Å²) >= 11 is 1.57. The third kappa shape index (κ3) is 18.2. The van der Waals surface area contributed by atoms with Gasteiger partial charge >= 0.3 is 12.1 Å². The van der Waals surface area contributed by atoms with Crippen molar-refractivity contribution in [1.82, 2.24) is 25.8 Å². The minimum Gasteiger partial charge on any atom is -0.462 e. The molecule has 4 aliphatic rings. The molecule has 20 heteroatoms. The molecule has 2 saturated heterocycles. The predicted molar refractivity (Wildman–Crippen MR) is 301 cm³/mol. The van der Waals surface area contributed by atoms with Crippen LogP contribution in [0.25, 0.3) is 10.4 Å². The van der Waals surface area contributed by atoms with Crippen molar-refractivity contribution < 1.29 is 61.9 Å². The molecule has 0 spiro atoms. The molecule has 0 radical (unpaired) electrons. The number of carbonyl (C=O) groups is 5. The van der Waals surface area contributed by atoms with Crippen LogP contribution in [0.3, 0.4) is 0 Å². The molecule has 2 aliphatic heterocycles. The van der Waals surface area contributed by atoms with E-state index in [0.717, 1.165) is 41.0 Å². The highest BCUT2D eigenvalue weighted by Gasteiger charge is 2.46. The van der Waals surface area contributed by atoms with Crippen LogP contribution in [0.2, 0.25) is 18.1 Å². The number of benzene rings is 1. The number of cyclic esters (lactones) is 1. The highest BCUT2D eigenvalue weighted by atomic mass is 32.1. The first-order chi connectivity index (χ1) is 36.9. The van der Waals surface area contributed by atoms with Crippen molar-refractivity contribution in [3.8, 4) is 10.4 Å². The molecule has 2 fully saturated rings. The number of aromatic nitrogens is 1. The number of fused-ring (bicyclic) bond motifs is 1. The number of hydrogen-bond donors (Lipinski definition) is 4. The van der Waals surface area contributed by atoms with Gasteiger partial charge in [0.2, 0.25) is 17.7 Å². The molecule has 0 bridgehead atoms. The van der Waals surface area contributed by atoms with Crippen molar-refractivity contribution in [2.75, 3.05) is 65.9 Å². The fourth-order valence-electron chi connectivity index (χ4n) is 10.5. The van der Waals surface area contributed by atoms with E-state index in [0.29, 0.717) is 39.3 Å². The van der Waals surface area contributed by atoms with Crippen LogP contribution in [0.15, 0.2) is 53.6 Å². The summed E-state index contributed by atoms with van der Waals surface area (Å²) in [6.07, 6.45) is 8.15. The van der Waals surface area contributed by atoms with Crippen LogP contribution >= 0.6 is 11.3 Å². The van der Waals surface area contributed by atoms with Gasteiger partial charge in [-0.2, -0.15) is 0 Å². The molecule has 4 N–H and O–H groups in total. The first-order valence-electron chi connectivity index (χ1n) is 28.0. The highest BCUT2D eigenvalue weighted by Crippen LogP contribution is 2.46. The number of esters is 1. The van der Waals surface area contributed by atoms with E-state index in [1.807, 2.05) is 57.5 Å². The summed E-state index contributed by atoms with van der Waals surface area (Å²) in [5.74, 6) is -0.732. The van der Waals surface area contributed by atoms with Crippen molar-refractivity contribution in [2.45, 2.75) is 162 Å². The van der Waals surface area contributed by atoms with E-state index in [2.05, 4.69) is 86.9 Å². The number of allylic oxidation sites excluding steroid dienone is 3. The van der Waals surface area contributed by atoms with Gasteiger partial charge in [-0.05, 0) is 84.2 Å². The number of likely N-dealkylation sites (tertiary alicyclic amines) is 1. The lowest BCUT2D eigenvalue weighted by atomic mass is 9.65. The second kappa shape index (κ2) is 28.7. The Kier molecular flexibility index (Phi) is 23.1. The number of aliphatic hydroxyl groups is 1. The van der Waals surface area contributed by atoms with Gasteiger partial charge in [0.1, 0.15) is 30.9 Å². The number of ether oxygens (including phenoxy) is 6. The number of thiazole rings is 1. The average Bonchev–Trinajstić information content (AvgIpc) is 4.00. The van der Waals surface area contributed by atoms with E-state index >= 15 is 0 Å². The van der Waals surface area contributed by atoms with Crippen LogP contribution in [-0.2, 0) is 58.6 Å². The van der Waals surface area contributed by atoms with Crippen molar-refractivity contribution in [1.29, 1.82) is 0 Å². The predicted octanol–water partition coefficient (Wildman–Crippen LogP) is 7.67. The SMILES string of the molecule is Cc1ncsc1-c1ccc(CNC(=O)[C@@H]2C[C@@H](O)CN2C(=O)[C@@H](NC(=O)COCCOCCOCCOCCNC(=O)O[C@H]2C[C@@H](C)C=C3C=C[C@H](C)[C@H](CC[C@@H]4C[C@@H](O[Si](C)(C)C(C)(C)C)CC(=O)O4)[C@H]32)C(C)(C)C)cc1. The van der Waals surface area contributed by atoms with Crippen molar-refractivity contribution in [3.63, 3.8) is 0 Å². The van der Waals surface area contributed by atoms with Gasteiger partial charge < -0.3 is 58.8 Å². The molecule has 4 amide bonds. The molecule has 434 valence electrons. The van der Waals surface area contributed by atoms with Crippen LogP contribution in [0.1, 0.15) is 105 Å². The van der Waals surface area contributed by atoms with E-state index in [-0.39, 0.29) is 111 Å². The lowest BCUT2D eigenvalue weighted by molar-refractivity contribution is -0.160. The zero-order chi connectivity index (χ0) is 56.8. The minimum atomic E-state index is -2.05. The highest BCUT2D eigenvalue weighted by molar-refractivity contribution is 7.13. The van der Waals surface area contributed by atoms with Gasteiger partial charge in [-0.3, -0.25) is 19.2 Å². The number of hydrogen-bond acceptors (Lipinski definition) is 15. The fourth-order valence-corrected chi connectivity index (χ4v) is 12.7. The summed E-state index contributed by atoms with van der Waals surface area (Å²) in [4.78, 5) is 73.1. The van der Waals surface area contributed by atoms with Gasteiger partial charge in [-0.15, -0.1) is 11.3 Å². The van der Waals surface area contributed by atoms with Crippen molar-refractivity contribution in [2.24, 2.45) is 29.1 Å². The molecule has 0 unspecified atom stereocenters. The number of β-amino-alcohol motifs (C(OH)–C–C–N with tert-alkyl or cyclic N) is 1. The van der Waals surface area contributed by atoms with E-state index in [4.69, 9.17) is 32.8 Å². The lowest BCUT2D eigenvalue weighted by Crippen LogP contribution is -2.58. The second-order valence-electron chi connectivity index (χ2n) is 24.1. The van der Waals surface area contributed by atoms with Crippen LogP contribution < -0.4 is 16.0 Å². The largest absolute Gasteiger partial charge is 0.462 e. The molecule has 78 heavy (non-hydrogen) atoms. The molecule has 18 nitrogen and oxygen atoms in total. The lowest BCUT2D eigenvalue weighted by Gasteiger charge is -2.44. The standard InChI is InChI=1S/C58H89N5O13SSi/c1-37-28-42-15-12-38(2)46(19-18-44-31-45(32-50(66)74-44)76-78(10,11)58(7,8)9)51(42)48(29-37)75-56(69)59-20-21-70-22-23-71-24-25-72-26-27-73-35-49(65)62-53(57(4,5)6)55(68)63-34-43(64)30-47(63)54(67)60-33-40-13-16-41(17-14-40)52-39(3)61-36-77-52/h12-17,28,36-38,43-48,51,53,64H,18-27,29-35H2,1-11H3,(H,59,69)(H,60,67)(H,62,65)/t37-,38-,43+,44+,45+,46-,47-,48-,51-,53+/m0/s1. The van der Waals surface area contributed by atoms with Gasteiger partial charge in [-0.25, -0.2) is 9.78 Å². The van der Waals surface area contributed by atoms with Crippen molar-refractivity contribution in [3.05, 3.63) is 64.8 Å². The van der Waals surface area contributed by atoms with Crippen LogP contribution in [0, 0.1) is 36.0 Å². The molecule has 10 atom stereocenters. The Bertz CT molecular complexity index is 2370. The maximum absolute atomic E-state index is 14.0. The van der Waals surface area contributed by atoms with Crippen molar-refractivity contribution >= 4 is 49.4 Å². The zero-order valence-electron chi connectivity index (χ0n) is 48.1. The molecular formula is C58H89N5O13SSi. The minimum absolute atomic E-state index is 0.0252. The van der Waals surface area contributed by atoms with E-state index < -0.39 is 49.8 Å². The number of alkyl carbamates (subject to hydrolysis) is 1. The number of nitrogens with one attached hydrogen (secondary N) is 3. The fraction of sp³-hybridized carbons (Fsp3) is 0.690.